The Bertz CT molecular complexity index is 753. The molecule has 3 rings (SSSR count). The topological polar surface area (TPSA) is 38.8 Å². The fourth-order valence-corrected chi connectivity index (χ4v) is 3.18. The van der Waals surface area contributed by atoms with E-state index in [1.807, 2.05) is 42.7 Å². The number of thioether (sulfide) groups is 1. The Hall–Kier alpha value is -1.85. The lowest BCUT2D eigenvalue weighted by Crippen LogP contribution is -2.41. The van der Waals surface area contributed by atoms with Crippen LogP contribution < -0.4 is 9.47 Å². The van der Waals surface area contributed by atoms with Crippen LogP contribution >= 0.6 is 23.4 Å². The Labute approximate surface area is 150 Å². The number of nitrogens with zero attached hydrogens (tertiary/aromatic N) is 1. The van der Waals surface area contributed by atoms with Crippen molar-refractivity contribution in [1.29, 1.82) is 0 Å². The maximum Gasteiger partial charge on any atom is 0.255 e. The number of amides is 1. The maximum atomic E-state index is 12.7. The van der Waals surface area contributed by atoms with Crippen LogP contribution in [0.4, 0.5) is 0 Å². The summed E-state index contributed by atoms with van der Waals surface area (Å²) in [5.41, 5.74) is 0.503. The molecular weight excluding hydrogens is 346 g/mol. The molecule has 0 aliphatic carbocycles. The number of hydrogen-bond acceptors (Lipinski definition) is 4. The van der Waals surface area contributed by atoms with Gasteiger partial charge < -0.3 is 14.4 Å². The third-order valence-electron chi connectivity index (χ3n) is 3.80. The molecule has 0 fully saturated rings. The van der Waals surface area contributed by atoms with Crippen molar-refractivity contribution in [3.63, 3.8) is 0 Å². The lowest BCUT2D eigenvalue weighted by Gasteiger charge is -2.29. The van der Waals surface area contributed by atoms with Crippen LogP contribution in [-0.4, -0.2) is 43.4 Å². The van der Waals surface area contributed by atoms with E-state index in [1.54, 1.807) is 29.8 Å². The van der Waals surface area contributed by atoms with Crippen molar-refractivity contribution in [2.45, 2.75) is 11.0 Å². The number of ether oxygens (including phenoxy) is 2. The molecule has 1 aliphatic rings. The van der Waals surface area contributed by atoms with Gasteiger partial charge in [-0.25, -0.2) is 0 Å². The quantitative estimate of drug-likeness (QED) is 0.770. The highest BCUT2D eigenvalue weighted by Gasteiger charge is 2.25. The van der Waals surface area contributed by atoms with Gasteiger partial charge in [0.05, 0.1) is 17.1 Å². The van der Waals surface area contributed by atoms with Crippen LogP contribution in [0.1, 0.15) is 10.4 Å². The van der Waals surface area contributed by atoms with Crippen LogP contribution in [0.25, 0.3) is 0 Å². The van der Waals surface area contributed by atoms with Gasteiger partial charge in [-0.1, -0.05) is 23.7 Å². The maximum absolute atomic E-state index is 12.7. The zero-order valence-corrected chi connectivity index (χ0v) is 15.1. The van der Waals surface area contributed by atoms with E-state index in [1.165, 1.54) is 0 Å². The number of para-hydroxylation sites is 2. The second kappa shape index (κ2) is 7.36. The second-order valence-electron chi connectivity index (χ2n) is 5.53. The molecule has 0 saturated carbocycles. The lowest BCUT2D eigenvalue weighted by molar-refractivity contribution is 0.0521. The molecule has 1 amide bonds. The van der Waals surface area contributed by atoms with E-state index in [9.17, 15) is 4.79 Å². The summed E-state index contributed by atoms with van der Waals surface area (Å²) in [6.07, 6.45) is 1.75. The molecule has 0 bridgehead atoms. The van der Waals surface area contributed by atoms with Crippen molar-refractivity contribution < 1.29 is 14.3 Å². The van der Waals surface area contributed by atoms with E-state index in [0.29, 0.717) is 29.5 Å². The van der Waals surface area contributed by atoms with Crippen LogP contribution in [0.5, 0.6) is 11.5 Å². The van der Waals surface area contributed by atoms with Gasteiger partial charge in [-0.2, -0.15) is 0 Å². The zero-order chi connectivity index (χ0) is 17.1. The number of rotatable bonds is 4. The number of likely N-dealkylation sites (N-methyl/N-ethyl adjacent to an activating group) is 1. The molecule has 1 unspecified atom stereocenters. The SMILES string of the molecule is CSc1ccc(Cl)c(C(=O)N(C)CC2COc3ccccc3O2)c1. The average Bonchev–Trinajstić information content (AvgIpc) is 2.61. The van der Waals surface area contributed by atoms with Gasteiger partial charge >= 0.3 is 0 Å². The molecule has 1 aliphatic heterocycles. The van der Waals surface area contributed by atoms with E-state index < -0.39 is 0 Å². The van der Waals surface area contributed by atoms with Crippen LogP contribution in [-0.2, 0) is 0 Å². The highest BCUT2D eigenvalue weighted by atomic mass is 35.5. The van der Waals surface area contributed by atoms with Crippen molar-refractivity contribution in [1.82, 2.24) is 4.90 Å². The summed E-state index contributed by atoms with van der Waals surface area (Å²) >= 11 is 7.76. The van der Waals surface area contributed by atoms with E-state index in [4.69, 9.17) is 21.1 Å². The normalized spacial score (nSPS) is 15.9. The highest BCUT2D eigenvalue weighted by molar-refractivity contribution is 7.98. The summed E-state index contributed by atoms with van der Waals surface area (Å²) < 4.78 is 11.6. The van der Waals surface area contributed by atoms with Gasteiger partial charge in [-0.15, -0.1) is 11.8 Å². The van der Waals surface area contributed by atoms with Crippen LogP contribution in [0.15, 0.2) is 47.4 Å². The minimum absolute atomic E-state index is 0.127. The minimum atomic E-state index is -0.212. The largest absolute Gasteiger partial charge is 0.486 e. The van der Waals surface area contributed by atoms with Gasteiger partial charge in [0, 0.05) is 11.9 Å². The lowest BCUT2D eigenvalue weighted by atomic mass is 10.2. The minimum Gasteiger partial charge on any atom is -0.486 e. The van der Waals surface area contributed by atoms with E-state index in [-0.39, 0.29) is 12.0 Å². The predicted octanol–water partition coefficient (Wildman–Crippen LogP) is 3.97. The summed E-state index contributed by atoms with van der Waals surface area (Å²) in [6, 6.07) is 13.0. The first kappa shape index (κ1) is 17.0. The molecule has 2 aromatic carbocycles. The molecule has 4 nitrogen and oxygen atoms in total. The molecule has 1 atom stereocenters. The Morgan fingerprint density at radius 2 is 2.04 bits per heavy atom. The van der Waals surface area contributed by atoms with Crippen LogP contribution in [0, 0.1) is 0 Å². The summed E-state index contributed by atoms with van der Waals surface area (Å²) in [6.45, 7) is 0.834. The summed E-state index contributed by atoms with van der Waals surface area (Å²) in [4.78, 5) is 15.3. The van der Waals surface area contributed by atoms with Crippen LogP contribution in [0.2, 0.25) is 5.02 Å². The second-order valence-corrected chi connectivity index (χ2v) is 6.82. The fourth-order valence-electron chi connectivity index (χ4n) is 2.54. The fraction of sp³-hybridized carbons (Fsp3) is 0.278. The predicted molar refractivity (Wildman–Crippen MR) is 96.5 cm³/mol. The molecule has 6 heteroatoms. The van der Waals surface area contributed by atoms with Crippen molar-refractivity contribution in [3.8, 4) is 11.5 Å². The highest BCUT2D eigenvalue weighted by Crippen LogP contribution is 2.31. The molecule has 0 saturated heterocycles. The first-order chi connectivity index (χ1) is 11.6. The Balaban J connectivity index is 1.69. The first-order valence-corrected chi connectivity index (χ1v) is 9.16. The third-order valence-corrected chi connectivity index (χ3v) is 4.85. The van der Waals surface area contributed by atoms with Gasteiger partial charge in [0.15, 0.2) is 17.6 Å². The van der Waals surface area contributed by atoms with Crippen molar-refractivity contribution in [2.24, 2.45) is 0 Å². The number of carbonyl (C=O) groups is 1. The molecular formula is C18H18ClNO3S. The average molecular weight is 364 g/mol. The number of benzene rings is 2. The van der Waals surface area contributed by atoms with Crippen molar-refractivity contribution in [3.05, 3.63) is 53.1 Å². The third kappa shape index (κ3) is 3.62. The van der Waals surface area contributed by atoms with Gasteiger partial charge in [0.2, 0.25) is 0 Å². The van der Waals surface area contributed by atoms with Crippen molar-refractivity contribution >= 4 is 29.3 Å². The van der Waals surface area contributed by atoms with E-state index >= 15 is 0 Å². The Morgan fingerprint density at radius 1 is 1.29 bits per heavy atom. The molecule has 1 heterocycles. The Kier molecular flexibility index (Phi) is 5.21. The smallest absolute Gasteiger partial charge is 0.255 e. The van der Waals surface area contributed by atoms with E-state index in [2.05, 4.69) is 0 Å². The summed E-state index contributed by atoms with van der Waals surface area (Å²) in [5.74, 6) is 1.31. The number of halogens is 1. The number of fused-ring (bicyclic) bond motifs is 1. The van der Waals surface area contributed by atoms with Gasteiger partial charge in [-0.05, 0) is 36.6 Å². The van der Waals surface area contributed by atoms with Gasteiger partial charge in [0.25, 0.3) is 5.91 Å². The summed E-state index contributed by atoms with van der Waals surface area (Å²) in [5, 5.41) is 0.454. The standard InChI is InChI=1S/C18H18ClNO3S/c1-20(18(21)14-9-13(24-2)7-8-15(14)19)10-12-11-22-16-5-3-4-6-17(16)23-12/h3-9,12H,10-11H2,1-2H3. The van der Waals surface area contributed by atoms with E-state index in [0.717, 1.165) is 10.6 Å². The molecule has 2 aromatic rings. The first-order valence-electron chi connectivity index (χ1n) is 7.56. The number of hydrogen-bond donors (Lipinski definition) is 0. The molecule has 126 valence electrons. The van der Waals surface area contributed by atoms with Gasteiger partial charge in [-0.3, -0.25) is 4.79 Å². The zero-order valence-electron chi connectivity index (χ0n) is 13.5. The molecule has 0 N–H and O–H groups in total. The Morgan fingerprint density at radius 3 is 2.79 bits per heavy atom. The number of carbonyl (C=O) groups excluding carboxylic acids is 1. The van der Waals surface area contributed by atoms with Crippen molar-refractivity contribution in [2.75, 3.05) is 26.5 Å². The molecule has 24 heavy (non-hydrogen) atoms. The molecule has 0 spiro atoms. The molecule has 0 aromatic heterocycles. The monoisotopic (exact) mass is 363 g/mol. The molecule has 0 radical (unpaired) electrons. The van der Waals surface area contributed by atoms with Crippen LogP contribution in [0.3, 0.4) is 0 Å². The van der Waals surface area contributed by atoms with Gasteiger partial charge in [0.1, 0.15) is 6.61 Å². The summed E-state index contributed by atoms with van der Waals surface area (Å²) in [7, 11) is 1.74.